The van der Waals surface area contributed by atoms with Gasteiger partial charge in [-0.1, -0.05) is 6.07 Å². The molecule has 1 aliphatic heterocycles. The Morgan fingerprint density at radius 1 is 1.24 bits per heavy atom. The van der Waals surface area contributed by atoms with Crippen LogP contribution in [0.25, 0.3) is 0 Å². The van der Waals surface area contributed by atoms with Crippen molar-refractivity contribution in [3.05, 3.63) is 36.3 Å². The van der Waals surface area contributed by atoms with E-state index in [9.17, 15) is 13.2 Å². The molecule has 2 aromatic rings. The summed E-state index contributed by atoms with van der Waals surface area (Å²) in [7, 11) is -2.02. The minimum Gasteiger partial charge on any atom is -0.493 e. The van der Waals surface area contributed by atoms with Crippen molar-refractivity contribution in [2.75, 3.05) is 26.8 Å². The molecule has 1 aromatic carbocycles. The predicted octanol–water partition coefficient (Wildman–Crippen LogP) is 1.39. The lowest BCUT2D eigenvalue weighted by atomic mass is 10.2. The summed E-state index contributed by atoms with van der Waals surface area (Å²) in [4.78, 5) is 16.2. The molecule has 158 valence electrons. The molecule has 0 aliphatic carbocycles. The molecule has 1 fully saturated rings. The van der Waals surface area contributed by atoms with Crippen LogP contribution in [0.2, 0.25) is 0 Å². The van der Waals surface area contributed by atoms with Gasteiger partial charge in [-0.25, -0.2) is 13.4 Å². The fourth-order valence-electron chi connectivity index (χ4n) is 3.14. The zero-order valence-corrected chi connectivity index (χ0v) is 17.4. The highest BCUT2D eigenvalue weighted by atomic mass is 32.2. The summed E-state index contributed by atoms with van der Waals surface area (Å²) in [6.07, 6.45) is 4.48. The zero-order valence-electron chi connectivity index (χ0n) is 16.6. The number of amides is 1. The largest absolute Gasteiger partial charge is 0.493 e. The van der Waals surface area contributed by atoms with Gasteiger partial charge in [0.2, 0.25) is 5.91 Å². The first kappa shape index (κ1) is 21.1. The molecule has 0 saturated carbocycles. The monoisotopic (exact) mass is 422 g/mol. The Morgan fingerprint density at radius 2 is 2.00 bits per heavy atom. The third-order valence-corrected chi connectivity index (χ3v) is 6.41. The maximum atomic E-state index is 12.5. The lowest BCUT2D eigenvalue weighted by Gasteiger charge is -2.13. The van der Waals surface area contributed by atoms with E-state index in [2.05, 4.69) is 10.3 Å². The lowest BCUT2D eigenvalue weighted by Crippen LogP contribution is -2.28. The number of carbonyl (C=O) groups excluding carboxylic acids is 1. The van der Waals surface area contributed by atoms with E-state index < -0.39 is 10.0 Å². The van der Waals surface area contributed by atoms with Gasteiger partial charge in [-0.05, 0) is 37.5 Å². The summed E-state index contributed by atoms with van der Waals surface area (Å²) in [5.41, 5.74) is 0.863. The second-order valence-corrected chi connectivity index (χ2v) is 8.58. The second kappa shape index (κ2) is 9.27. The summed E-state index contributed by atoms with van der Waals surface area (Å²) in [5.74, 6) is 1.00. The molecule has 3 rings (SSSR count). The van der Waals surface area contributed by atoms with Gasteiger partial charge in [-0.15, -0.1) is 0 Å². The van der Waals surface area contributed by atoms with Crippen LogP contribution in [-0.4, -0.2) is 55.0 Å². The Balaban J connectivity index is 1.57. The predicted molar refractivity (Wildman–Crippen MR) is 106 cm³/mol. The SMILES string of the molecule is CCOc1ccc(CNC(=O)Cn2cnc(S(=O)(=O)N3CCCC3)c2)cc1OC. The van der Waals surface area contributed by atoms with E-state index in [0.29, 0.717) is 37.7 Å². The van der Waals surface area contributed by atoms with Crippen molar-refractivity contribution in [1.82, 2.24) is 19.2 Å². The van der Waals surface area contributed by atoms with Gasteiger partial charge in [0.05, 0.1) is 20.0 Å². The van der Waals surface area contributed by atoms with E-state index in [0.717, 1.165) is 18.4 Å². The van der Waals surface area contributed by atoms with Crippen LogP contribution in [0.15, 0.2) is 35.7 Å². The Labute approximate surface area is 170 Å². The van der Waals surface area contributed by atoms with Crippen molar-refractivity contribution >= 4 is 15.9 Å². The van der Waals surface area contributed by atoms with Gasteiger partial charge in [-0.3, -0.25) is 4.79 Å². The highest BCUT2D eigenvalue weighted by Crippen LogP contribution is 2.28. The molecule has 1 saturated heterocycles. The topological polar surface area (TPSA) is 103 Å². The number of hydrogen-bond acceptors (Lipinski definition) is 6. The summed E-state index contributed by atoms with van der Waals surface area (Å²) < 4.78 is 38.7. The standard InChI is InChI=1S/C19H26N4O5S/c1-3-28-16-7-6-15(10-17(16)27-2)11-20-18(24)12-22-13-19(21-14-22)29(25,26)23-8-4-5-9-23/h6-7,10,13-14H,3-5,8-9,11-12H2,1-2H3,(H,20,24). The first-order valence-electron chi connectivity index (χ1n) is 9.52. The van der Waals surface area contributed by atoms with Crippen molar-refractivity contribution in [2.24, 2.45) is 0 Å². The summed E-state index contributed by atoms with van der Waals surface area (Å²) in [5, 5.41) is 2.78. The normalized spacial score (nSPS) is 14.7. The van der Waals surface area contributed by atoms with E-state index in [1.165, 1.54) is 21.4 Å². The molecule has 0 spiro atoms. The van der Waals surface area contributed by atoms with Crippen LogP contribution in [0.5, 0.6) is 11.5 Å². The Kier molecular flexibility index (Phi) is 6.75. The van der Waals surface area contributed by atoms with Gasteiger partial charge in [0, 0.05) is 25.8 Å². The molecular weight excluding hydrogens is 396 g/mol. The molecule has 1 aliphatic rings. The molecule has 9 nitrogen and oxygen atoms in total. The number of aromatic nitrogens is 2. The van der Waals surface area contributed by atoms with Crippen molar-refractivity contribution in [3.63, 3.8) is 0 Å². The number of hydrogen-bond donors (Lipinski definition) is 1. The fraction of sp³-hybridized carbons (Fsp3) is 0.474. The Bertz CT molecular complexity index is 951. The van der Waals surface area contributed by atoms with Crippen LogP contribution in [0.3, 0.4) is 0 Å². The van der Waals surface area contributed by atoms with Gasteiger partial charge in [0.15, 0.2) is 16.5 Å². The van der Waals surface area contributed by atoms with Crippen LogP contribution >= 0.6 is 0 Å². The van der Waals surface area contributed by atoms with Crippen LogP contribution in [-0.2, 0) is 27.9 Å². The highest BCUT2D eigenvalue weighted by molar-refractivity contribution is 7.89. The number of nitrogens with one attached hydrogen (secondary N) is 1. The average molecular weight is 423 g/mol. The van der Waals surface area contributed by atoms with Gasteiger partial charge < -0.3 is 19.4 Å². The van der Waals surface area contributed by atoms with Crippen LogP contribution in [0.1, 0.15) is 25.3 Å². The number of carbonyl (C=O) groups is 1. The number of benzene rings is 1. The minimum atomic E-state index is -3.58. The number of imidazole rings is 1. The van der Waals surface area contributed by atoms with Gasteiger partial charge in [-0.2, -0.15) is 4.31 Å². The Hall–Kier alpha value is -2.59. The van der Waals surface area contributed by atoms with Crippen LogP contribution in [0, 0.1) is 0 Å². The third kappa shape index (κ3) is 5.07. The maximum absolute atomic E-state index is 12.5. The molecule has 1 amide bonds. The number of methoxy groups -OCH3 is 1. The molecular formula is C19H26N4O5S. The molecule has 1 aromatic heterocycles. The molecule has 0 atom stereocenters. The van der Waals surface area contributed by atoms with E-state index in [-0.39, 0.29) is 17.5 Å². The number of rotatable bonds is 9. The van der Waals surface area contributed by atoms with E-state index in [1.54, 1.807) is 13.2 Å². The van der Waals surface area contributed by atoms with E-state index in [1.807, 2.05) is 19.1 Å². The molecule has 1 N–H and O–H groups in total. The summed E-state index contributed by atoms with van der Waals surface area (Å²) >= 11 is 0. The minimum absolute atomic E-state index is 0.0172. The quantitative estimate of drug-likeness (QED) is 0.655. The number of nitrogens with zero attached hydrogens (tertiary/aromatic N) is 3. The van der Waals surface area contributed by atoms with Crippen molar-refractivity contribution in [2.45, 2.75) is 37.9 Å². The molecule has 0 bridgehead atoms. The second-order valence-electron chi connectivity index (χ2n) is 6.69. The summed E-state index contributed by atoms with van der Waals surface area (Å²) in [6, 6.07) is 5.46. The first-order chi connectivity index (χ1) is 13.9. The van der Waals surface area contributed by atoms with E-state index >= 15 is 0 Å². The van der Waals surface area contributed by atoms with Crippen molar-refractivity contribution < 1.29 is 22.7 Å². The maximum Gasteiger partial charge on any atom is 0.262 e. The third-order valence-electron chi connectivity index (χ3n) is 4.62. The highest BCUT2D eigenvalue weighted by Gasteiger charge is 2.29. The first-order valence-corrected chi connectivity index (χ1v) is 11.0. The van der Waals surface area contributed by atoms with Gasteiger partial charge in [0.25, 0.3) is 10.0 Å². The van der Waals surface area contributed by atoms with E-state index in [4.69, 9.17) is 9.47 Å². The molecule has 2 heterocycles. The van der Waals surface area contributed by atoms with Crippen LogP contribution < -0.4 is 14.8 Å². The summed E-state index contributed by atoms with van der Waals surface area (Å²) in [6.45, 7) is 3.76. The number of ether oxygens (including phenoxy) is 2. The molecule has 29 heavy (non-hydrogen) atoms. The number of sulfonamides is 1. The molecule has 0 radical (unpaired) electrons. The van der Waals surface area contributed by atoms with Gasteiger partial charge >= 0.3 is 0 Å². The fourth-order valence-corrected chi connectivity index (χ4v) is 4.59. The van der Waals surface area contributed by atoms with Gasteiger partial charge in [0.1, 0.15) is 6.54 Å². The zero-order chi connectivity index (χ0) is 20.9. The van der Waals surface area contributed by atoms with Crippen molar-refractivity contribution in [1.29, 1.82) is 0 Å². The smallest absolute Gasteiger partial charge is 0.262 e. The average Bonchev–Trinajstić information content (AvgIpc) is 3.40. The Morgan fingerprint density at radius 3 is 2.69 bits per heavy atom. The molecule has 10 heteroatoms. The molecule has 0 unspecified atom stereocenters. The van der Waals surface area contributed by atoms with Crippen LogP contribution in [0.4, 0.5) is 0 Å². The van der Waals surface area contributed by atoms with Crippen molar-refractivity contribution in [3.8, 4) is 11.5 Å². The lowest BCUT2D eigenvalue weighted by molar-refractivity contribution is -0.121.